The fourth-order valence-electron chi connectivity index (χ4n) is 2.93. The predicted molar refractivity (Wildman–Crippen MR) is 72.7 cm³/mol. The summed E-state index contributed by atoms with van der Waals surface area (Å²) in [7, 11) is 0. The SMILES string of the molecule is Cc1ccc(C(CCC2CCCC2)C(=O)O)cc1. The molecule has 1 aromatic carbocycles. The number of aliphatic carboxylic acids is 1. The Morgan fingerprint density at radius 2 is 1.89 bits per heavy atom. The van der Waals surface area contributed by atoms with E-state index in [0.717, 1.165) is 24.3 Å². The van der Waals surface area contributed by atoms with Crippen LogP contribution in [0.15, 0.2) is 24.3 Å². The summed E-state index contributed by atoms with van der Waals surface area (Å²) < 4.78 is 0. The molecule has 0 spiro atoms. The van der Waals surface area contributed by atoms with Crippen molar-refractivity contribution >= 4 is 5.97 Å². The standard InChI is InChI=1S/C16H22O2/c1-12-6-9-14(10-7-12)15(16(17)18)11-8-13-4-2-3-5-13/h6-7,9-10,13,15H,2-5,8,11H2,1H3,(H,17,18). The third-order valence-corrected chi connectivity index (χ3v) is 4.12. The number of aryl methyl sites for hydroxylation is 1. The minimum absolute atomic E-state index is 0.328. The Morgan fingerprint density at radius 3 is 2.44 bits per heavy atom. The van der Waals surface area contributed by atoms with Crippen molar-refractivity contribution in [2.45, 2.75) is 51.4 Å². The average molecular weight is 246 g/mol. The van der Waals surface area contributed by atoms with E-state index in [1.54, 1.807) is 0 Å². The van der Waals surface area contributed by atoms with E-state index >= 15 is 0 Å². The fourth-order valence-corrected chi connectivity index (χ4v) is 2.93. The molecule has 2 heteroatoms. The summed E-state index contributed by atoms with van der Waals surface area (Å²) in [5.41, 5.74) is 2.13. The highest BCUT2D eigenvalue weighted by Gasteiger charge is 2.22. The first kappa shape index (κ1) is 13.1. The van der Waals surface area contributed by atoms with Gasteiger partial charge in [-0.05, 0) is 31.2 Å². The Hall–Kier alpha value is -1.31. The smallest absolute Gasteiger partial charge is 0.310 e. The molecule has 18 heavy (non-hydrogen) atoms. The number of carboxylic acids is 1. The van der Waals surface area contributed by atoms with Crippen LogP contribution in [-0.4, -0.2) is 11.1 Å². The van der Waals surface area contributed by atoms with Crippen molar-refractivity contribution in [2.75, 3.05) is 0 Å². The van der Waals surface area contributed by atoms with E-state index in [1.165, 1.54) is 31.2 Å². The lowest BCUT2D eigenvalue weighted by Crippen LogP contribution is -2.13. The van der Waals surface area contributed by atoms with E-state index in [9.17, 15) is 9.90 Å². The van der Waals surface area contributed by atoms with Crippen molar-refractivity contribution in [3.63, 3.8) is 0 Å². The predicted octanol–water partition coefficient (Wildman–Crippen LogP) is 4.13. The van der Waals surface area contributed by atoms with Crippen LogP contribution in [-0.2, 0) is 4.79 Å². The van der Waals surface area contributed by atoms with Crippen molar-refractivity contribution in [2.24, 2.45) is 5.92 Å². The molecule has 1 unspecified atom stereocenters. The highest BCUT2D eigenvalue weighted by Crippen LogP contribution is 2.32. The minimum Gasteiger partial charge on any atom is -0.481 e. The molecular formula is C16H22O2. The van der Waals surface area contributed by atoms with Gasteiger partial charge in [0, 0.05) is 0 Å². The van der Waals surface area contributed by atoms with Gasteiger partial charge in [0.1, 0.15) is 0 Å². The van der Waals surface area contributed by atoms with E-state index in [2.05, 4.69) is 0 Å². The first-order valence-electron chi connectivity index (χ1n) is 6.96. The summed E-state index contributed by atoms with van der Waals surface area (Å²) in [5, 5.41) is 9.37. The zero-order chi connectivity index (χ0) is 13.0. The van der Waals surface area contributed by atoms with E-state index in [0.29, 0.717) is 0 Å². The molecule has 1 saturated carbocycles. The topological polar surface area (TPSA) is 37.3 Å². The van der Waals surface area contributed by atoms with Crippen LogP contribution < -0.4 is 0 Å². The number of rotatable bonds is 5. The molecule has 0 bridgehead atoms. The minimum atomic E-state index is -0.683. The van der Waals surface area contributed by atoms with Crippen molar-refractivity contribution in [1.29, 1.82) is 0 Å². The summed E-state index contributed by atoms with van der Waals surface area (Å²) >= 11 is 0. The largest absolute Gasteiger partial charge is 0.481 e. The molecule has 98 valence electrons. The van der Waals surface area contributed by atoms with Crippen LogP contribution in [0.25, 0.3) is 0 Å². The molecule has 0 aliphatic heterocycles. The van der Waals surface area contributed by atoms with Gasteiger partial charge in [0.2, 0.25) is 0 Å². The lowest BCUT2D eigenvalue weighted by Gasteiger charge is -2.15. The molecule has 0 saturated heterocycles. The number of carboxylic acid groups (broad SMARTS) is 1. The average Bonchev–Trinajstić information content (AvgIpc) is 2.84. The molecule has 1 N–H and O–H groups in total. The van der Waals surface area contributed by atoms with Gasteiger partial charge in [-0.2, -0.15) is 0 Å². The number of hydrogen-bond donors (Lipinski definition) is 1. The molecule has 1 fully saturated rings. The van der Waals surface area contributed by atoms with Crippen LogP contribution in [0.5, 0.6) is 0 Å². The first-order chi connectivity index (χ1) is 8.66. The van der Waals surface area contributed by atoms with E-state index in [1.807, 2.05) is 31.2 Å². The number of carbonyl (C=O) groups is 1. The van der Waals surface area contributed by atoms with E-state index < -0.39 is 5.97 Å². The van der Waals surface area contributed by atoms with Crippen molar-refractivity contribution in [3.8, 4) is 0 Å². The van der Waals surface area contributed by atoms with Gasteiger partial charge in [-0.15, -0.1) is 0 Å². The van der Waals surface area contributed by atoms with Crippen molar-refractivity contribution in [1.82, 2.24) is 0 Å². The summed E-state index contributed by atoms with van der Waals surface area (Å²) in [6.45, 7) is 2.03. The fraction of sp³-hybridized carbons (Fsp3) is 0.562. The van der Waals surface area contributed by atoms with Gasteiger partial charge >= 0.3 is 5.97 Å². The molecule has 0 amide bonds. The Balaban J connectivity index is 1.99. The second kappa shape index (κ2) is 6.03. The molecule has 1 aromatic rings. The third kappa shape index (κ3) is 3.34. The van der Waals surface area contributed by atoms with Crippen LogP contribution >= 0.6 is 0 Å². The van der Waals surface area contributed by atoms with Gasteiger partial charge in [0.25, 0.3) is 0 Å². The van der Waals surface area contributed by atoms with Crippen molar-refractivity contribution < 1.29 is 9.90 Å². The lowest BCUT2D eigenvalue weighted by molar-refractivity contribution is -0.139. The summed E-state index contributed by atoms with van der Waals surface area (Å²) in [6, 6.07) is 7.92. The van der Waals surface area contributed by atoms with Crippen LogP contribution in [0.4, 0.5) is 0 Å². The zero-order valence-corrected chi connectivity index (χ0v) is 11.1. The van der Waals surface area contributed by atoms with Crippen LogP contribution in [0.1, 0.15) is 55.6 Å². The molecule has 0 heterocycles. The molecule has 0 radical (unpaired) electrons. The second-order valence-electron chi connectivity index (χ2n) is 5.53. The van der Waals surface area contributed by atoms with Gasteiger partial charge in [-0.3, -0.25) is 4.79 Å². The van der Waals surface area contributed by atoms with Crippen LogP contribution in [0, 0.1) is 12.8 Å². The number of hydrogen-bond acceptors (Lipinski definition) is 1. The summed E-state index contributed by atoms with van der Waals surface area (Å²) in [6.07, 6.45) is 7.08. The van der Waals surface area contributed by atoms with Gasteiger partial charge in [-0.1, -0.05) is 55.5 Å². The molecule has 0 aromatic heterocycles. The van der Waals surface area contributed by atoms with Crippen LogP contribution in [0.3, 0.4) is 0 Å². The second-order valence-corrected chi connectivity index (χ2v) is 5.53. The third-order valence-electron chi connectivity index (χ3n) is 4.12. The maximum absolute atomic E-state index is 11.4. The highest BCUT2D eigenvalue weighted by atomic mass is 16.4. The maximum atomic E-state index is 11.4. The molecule has 1 atom stereocenters. The molecular weight excluding hydrogens is 224 g/mol. The van der Waals surface area contributed by atoms with Gasteiger partial charge < -0.3 is 5.11 Å². The zero-order valence-electron chi connectivity index (χ0n) is 11.1. The van der Waals surface area contributed by atoms with Gasteiger partial charge in [0.05, 0.1) is 5.92 Å². The van der Waals surface area contributed by atoms with E-state index in [4.69, 9.17) is 0 Å². The molecule has 2 nitrogen and oxygen atoms in total. The monoisotopic (exact) mass is 246 g/mol. The quantitative estimate of drug-likeness (QED) is 0.848. The summed E-state index contributed by atoms with van der Waals surface area (Å²) in [4.78, 5) is 11.4. The molecule has 1 aliphatic carbocycles. The van der Waals surface area contributed by atoms with Gasteiger partial charge in [-0.25, -0.2) is 0 Å². The Bertz CT molecular complexity index is 388. The van der Waals surface area contributed by atoms with Gasteiger partial charge in [0.15, 0.2) is 0 Å². The lowest BCUT2D eigenvalue weighted by atomic mass is 9.89. The normalized spacial score (nSPS) is 17.8. The Kier molecular flexibility index (Phi) is 4.40. The first-order valence-corrected chi connectivity index (χ1v) is 6.96. The maximum Gasteiger partial charge on any atom is 0.310 e. The Morgan fingerprint density at radius 1 is 1.28 bits per heavy atom. The van der Waals surface area contributed by atoms with Crippen LogP contribution in [0.2, 0.25) is 0 Å². The highest BCUT2D eigenvalue weighted by molar-refractivity contribution is 5.76. The summed E-state index contributed by atoms with van der Waals surface area (Å²) in [5.74, 6) is -0.250. The molecule has 2 rings (SSSR count). The van der Waals surface area contributed by atoms with Crippen molar-refractivity contribution in [3.05, 3.63) is 35.4 Å². The molecule has 1 aliphatic rings. The number of benzene rings is 1. The van der Waals surface area contributed by atoms with E-state index in [-0.39, 0.29) is 5.92 Å². The Labute approximate surface area is 109 Å².